The van der Waals surface area contributed by atoms with E-state index in [0.717, 1.165) is 16.7 Å². The molecule has 1 amide bonds. The molecule has 3 rings (SSSR count). The summed E-state index contributed by atoms with van der Waals surface area (Å²) in [6, 6.07) is 27.2. The molecule has 1 atom stereocenters. The monoisotopic (exact) mass is 342 g/mol. The van der Waals surface area contributed by atoms with Crippen LogP contribution in [0.4, 0.5) is 0 Å². The molecule has 0 radical (unpaired) electrons. The Bertz CT molecular complexity index is 858. The van der Waals surface area contributed by atoms with Gasteiger partial charge in [0.2, 0.25) is 0 Å². The maximum absolute atomic E-state index is 12.7. The van der Waals surface area contributed by atoms with Crippen LogP contribution >= 0.6 is 0 Å². The predicted molar refractivity (Wildman–Crippen MR) is 106 cm³/mol. The number of hydrazine groups is 1. The molecule has 0 bridgehead atoms. The Labute approximate surface area is 154 Å². The van der Waals surface area contributed by atoms with E-state index in [4.69, 9.17) is 5.84 Å². The first-order valence-corrected chi connectivity index (χ1v) is 8.60. The van der Waals surface area contributed by atoms with E-state index < -0.39 is 0 Å². The van der Waals surface area contributed by atoms with E-state index in [0.29, 0.717) is 12.0 Å². The Morgan fingerprint density at radius 1 is 0.885 bits per heavy atom. The van der Waals surface area contributed by atoms with E-state index in [-0.39, 0.29) is 11.9 Å². The molecule has 0 heterocycles. The van der Waals surface area contributed by atoms with Gasteiger partial charge in [-0.15, -0.1) is 6.58 Å². The summed E-state index contributed by atoms with van der Waals surface area (Å²) in [4.78, 5) is 12.7. The van der Waals surface area contributed by atoms with Crippen molar-refractivity contribution >= 4 is 5.91 Å². The van der Waals surface area contributed by atoms with Crippen LogP contribution < -0.4 is 5.84 Å². The van der Waals surface area contributed by atoms with Gasteiger partial charge in [0.25, 0.3) is 5.91 Å². The fraction of sp³-hybridized carbons (Fsp3) is 0.0870. The van der Waals surface area contributed by atoms with Gasteiger partial charge >= 0.3 is 0 Å². The minimum atomic E-state index is -0.259. The summed E-state index contributed by atoms with van der Waals surface area (Å²) in [5.41, 5.74) is 3.84. The fourth-order valence-corrected chi connectivity index (χ4v) is 2.97. The topological polar surface area (TPSA) is 46.3 Å². The third-order valence-electron chi connectivity index (χ3n) is 4.38. The molecule has 0 fully saturated rings. The minimum absolute atomic E-state index is 0.204. The molecule has 0 saturated heterocycles. The Hall–Kier alpha value is -3.17. The number of benzene rings is 3. The van der Waals surface area contributed by atoms with Gasteiger partial charge in [0.1, 0.15) is 0 Å². The van der Waals surface area contributed by atoms with Gasteiger partial charge in [-0.1, -0.05) is 78.9 Å². The quantitative estimate of drug-likeness (QED) is 0.297. The summed E-state index contributed by atoms with van der Waals surface area (Å²) >= 11 is 0. The highest BCUT2D eigenvalue weighted by atomic mass is 16.2. The second-order valence-electron chi connectivity index (χ2n) is 6.11. The molecule has 3 nitrogen and oxygen atoms in total. The van der Waals surface area contributed by atoms with E-state index in [9.17, 15) is 4.79 Å². The first-order valence-electron chi connectivity index (χ1n) is 8.60. The van der Waals surface area contributed by atoms with Gasteiger partial charge in [0.15, 0.2) is 0 Å². The number of nitrogens with zero attached hydrogens (tertiary/aromatic N) is 1. The van der Waals surface area contributed by atoms with E-state index in [2.05, 4.69) is 30.8 Å². The van der Waals surface area contributed by atoms with Crippen molar-refractivity contribution in [3.8, 4) is 11.1 Å². The second-order valence-corrected chi connectivity index (χ2v) is 6.11. The lowest BCUT2D eigenvalue weighted by Crippen LogP contribution is -2.40. The molecule has 0 aliphatic rings. The van der Waals surface area contributed by atoms with Gasteiger partial charge in [-0.2, -0.15) is 0 Å². The number of carbonyl (C=O) groups is 1. The van der Waals surface area contributed by atoms with E-state index >= 15 is 0 Å². The molecule has 0 saturated carbocycles. The SMILES string of the molecule is C=CC[C@H](c1ccc(-c2ccccc2)cc1)N(N)C(=O)c1ccccc1. The molecule has 0 aliphatic carbocycles. The van der Waals surface area contributed by atoms with Crippen molar-refractivity contribution in [3.63, 3.8) is 0 Å². The lowest BCUT2D eigenvalue weighted by Gasteiger charge is -2.27. The maximum atomic E-state index is 12.7. The molecule has 0 aromatic heterocycles. The van der Waals surface area contributed by atoms with Crippen LogP contribution in [0.3, 0.4) is 0 Å². The van der Waals surface area contributed by atoms with Crippen molar-refractivity contribution in [1.82, 2.24) is 5.01 Å². The van der Waals surface area contributed by atoms with Crippen LogP contribution in [0, 0.1) is 0 Å². The number of nitrogens with two attached hydrogens (primary N) is 1. The Kier molecular flexibility index (Phi) is 5.62. The van der Waals surface area contributed by atoms with Crippen LogP contribution in [0.1, 0.15) is 28.4 Å². The number of hydrogen-bond donors (Lipinski definition) is 1. The summed E-state index contributed by atoms with van der Waals surface area (Å²) in [5.74, 6) is 5.99. The lowest BCUT2D eigenvalue weighted by atomic mass is 9.98. The van der Waals surface area contributed by atoms with Gasteiger partial charge in [0, 0.05) is 5.56 Å². The molecule has 3 heteroatoms. The largest absolute Gasteiger partial charge is 0.269 e. The molecular formula is C23H22N2O. The van der Waals surface area contributed by atoms with Crippen LogP contribution in [-0.2, 0) is 0 Å². The smallest absolute Gasteiger partial charge is 0.268 e. The molecule has 0 spiro atoms. The van der Waals surface area contributed by atoms with Crippen molar-refractivity contribution in [1.29, 1.82) is 0 Å². The first-order chi connectivity index (χ1) is 12.7. The number of carbonyl (C=O) groups excluding carboxylic acids is 1. The Morgan fingerprint density at radius 2 is 1.42 bits per heavy atom. The van der Waals surface area contributed by atoms with Crippen LogP contribution in [0.15, 0.2) is 97.6 Å². The third kappa shape index (κ3) is 3.90. The molecular weight excluding hydrogens is 320 g/mol. The van der Waals surface area contributed by atoms with Gasteiger partial charge < -0.3 is 0 Å². The maximum Gasteiger partial charge on any atom is 0.268 e. The van der Waals surface area contributed by atoms with Crippen molar-refractivity contribution in [3.05, 3.63) is 109 Å². The fourth-order valence-electron chi connectivity index (χ4n) is 2.97. The van der Waals surface area contributed by atoms with E-state index in [1.54, 1.807) is 18.2 Å². The minimum Gasteiger partial charge on any atom is -0.269 e. The number of rotatable bonds is 6. The van der Waals surface area contributed by atoms with Crippen molar-refractivity contribution in [2.45, 2.75) is 12.5 Å². The van der Waals surface area contributed by atoms with Gasteiger partial charge in [-0.3, -0.25) is 9.80 Å². The second kappa shape index (κ2) is 8.28. The highest BCUT2D eigenvalue weighted by Gasteiger charge is 2.22. The molecule has 0 aliphatic heterocycles. The molecule has 2 N–H and O–H groups in total. The summed E-state index contributed by atoms with van der Waals surface area (Å²) < 4.78 is 0. The van der Waals surface area contributed by atoms with E-state index in [1.165, 1.54) is 5.01 Å². The van der Waals surface area contributed by atoms with Crippen LogP contribution in [0.25, 0.3) is 11.1 Å². The highest BCUT2D eigenvalue weighted by molar-refractivity contribution is 5.94. The molecule has 3 aromatic carbocycles. The van der Waals surface area contributed by atoms with Crippen molar-refractivity contribution < 1.29 is 4.79 Å². The highest BCUT2D eigenvalue weighted by Crippen LogP contribution is 2.27. The summed E-state index contributed by atoms with van der Waals surface area (Å²) in [6.07, 6.45) is 2.37. The lowest BCUT2D eigenvalue weighted by molar-refractivity contribution is 0.0676. The van der Waals surface area contributed by atoms with Crippen molar-refractivity contribution in [2.75, 3.05) is 0 Å². The van der Waals surface area contributed by atoms with Crippen LogP contribution in [0.5, 0.6) is 0 Å². The summed E-state index contributed by atoms with van der Waals surface area (Å²) in [5, 5.41) is 1.30. The van der Waals surface area contributed by atoms with Crippen LogP contribution in [-0.4, -0.2) is 10.9 Å². The summed E-state index contributed by atoms with van der Waals surface area (Å²) in [6.45, 7) is 3.81. The Morgan fingerprint density at radius 3 is 2.00 bits per heavy atom. The molecule has 26 heavy (non-hydrogen) atoms. The van der Waals surface area contributed by atoms with Gasteiger partial charge in [0.05, 0.1) is 6.04 Å². The third-order valence-corrected chi connectivity index (χ3v) is 4.38. The van der Waals surface area contributed by atoms with Crippen molar-refractivity contribution in [2.24, 2.45) is 5.84 Å². The zero-order chi connectivity index (χ0) is 18.4. The molecule has 0 unspecified atom stereocenters. The van der Waals surface area contributed by atoms with Gasteiger partial charge in [-0.05, 0) is 35.2 Å². The summed E-state index contributed by atoms with van der Waals surface area (Å²) in [7, 11) is 0. The molecule has 3 aromatic rings. The average Bonchev–Trinajstić information content (AvgIpc) is 2.72. The standard InChI is InChI=1S/C23H22N2O/c1-2-9-22(25(24)23(26)21-12-7-4-8-13-21)20-16-14-19(15-17-20)18-10-5-3-6-11-18/h2-8,10-17,22H,1,9,24H2/t22-/m1/s1. The van der Waals surface area contributed by atoms with E-state index in [1.807, 2.05) is 48.5 Å². The first kappa shape index (κ1) is 17.6. The molecule has 130 valence electrons. The van der Waals surface area contributed by atoms with Gasteiger partial charge in [-0.25, -0.2) is 5.84 Å². The number of amides is 1. The normalized spacial score (nSPS) is 11.6. The average molecular weight is 342 g/mol. The van der Waals surface area contributed by atoms with Crippen LogP contribution in [0.2, 0.25) is 0 Å². The Balaban J connectivity index is 1.85. The number of hydrogen-bond acceptors (Lipinski definition) is 2. The zero-order valence-corrected chi connectivity index (χ0v) is 14.6. The predicted octanol–water partition coefficient (Wildman–Crippen LogP) is 4.99. The zero-order valence-electron chi connectivity index (χ0n) is 14.6.